The number of ether oxygens (including phenoxy) is 1. The molecule has 0 aliphatic carbocycles. The van der Waals surface area contributed by atoms with Crippen LogP contribution in [0.1, 0.15) is 38.7 Å². The van der Waals surface area contributed by atoms with E-state index in [4.69, 9.17) is 4.74 Å². The number of piperidine rings is 1. The SMILES string of the molecule is CCN(CC)CCC1(O)CC2COCC(C1)N2Cc1ccccc1. The number of nitrogens with zero attached hydrogens (tertiary/aromatic N) is 2. The first kappa shape index (κ1) is 17.9. The van der Waals surface area contributed by atoms with Crippen molar-refractivity contribution in [2.75, 3.05) is 32.8 Å². The third-order valence-electron chi connectivity index (χ3n) is 5.79. The molecule has 2 heterocycles. The van der Waals surface area contributed by atoms with Gasteiger partial charge in [-0.05, 0) is 37.9 Å². The van der Waals surface area contributed by atoms with E-state index >= 15 is 0 Å². The average Bonchev–Trinajstić information content (AvgIpc) is 2.58. The van der Waals surface area contributed by atoms with Gasteiger partial charge in [-0.2, -0.15) is 0 Å². The van der Waals surface area contributed by atoms with Crippen molar-refractivity contribution < 1.29 is 9.84 Å². The molecule has 1 N–H and O–H groups in total. The number of fused-ring (bicyclic) bond motifs is 2. The maximum atomic E-state index is 11.2. The second-order valence-corrected chi connectivity index (χ2v) is 7.41. The summed E-state index contributed by atoms with van der Waals surface area (Å²) in [6.45, 7) is 9.95. The average molecular weight is 332 g/mol. The number of hydrogen-bond acceptors (Lipinski definition) is 4. The van der Waals surface area contributed by atoms with E-state index in [2.05, 4.69) is 54.0 Å². The Kier molecular flexibility index (Phi) is 5.93. The van der Waals surface area contributed by atoms with Crippen LogP contribution in [-0.4, -0.2) is 65.4 Å². The summed E-state index contributed by atoms with van der Waals surface area (Å²) in [5.74, 6) is 0. The van der Waals surface area contributed by atoms with Crippen LogP contribution >= 0.6 is 0 Å². The van der Waals surface area contributed by atoms with E-state index in [0.29, 0.717) is 12.1 Å². The Morgan fingerprint density at radius 1 is 1.12 bits per heavy atom. The molecule has 0 spiro atoms. The van der Waals surface area contributed by atoms with E-state index in [1.165, 1.54) is 5.56 Å². The molecule has 2 aliphatic heterocycles. The van der Waals surface area contributed by atoms with Crippen LogP contribution in [0, 0.1) is 0 Å². The maximum absolute atomic E-state index is 11.2. The minimum Gasteiger partial charge on any atom is -0.390 e. The molecule has 4 heteroatoms. The highest BCUT2D eigenvalue weighted by molar-refractivity contribution is 5.15. The largest absolute Gasteiger partial charge is 0.390 e. The summed E-state index contributed by atoms with van der Waals surface area (Å²) >= 11 is 0. The first-order chi connectivity index (χ1) is 11.6. The lowest BCUT2D eigenvalue weighted by molar-refractivity contribution is -0.149. The van der Waals surface area contributed by atoms with Gasteiger partial charge in [0.25, 0.3) is 0 Å². The molecule has 1 aromatic carbocycles. The van der Waals surface area contributed by atoms with E-state index in [1.807, 2.05) is 0 Å². The molecule has 1 aromatic rings. The van der Waals surface area contributed by atoms with E-state index in [-0.39, 0.29) is 0 Å². The molecule has 2 aliphatic rings. The molecular formula is C20H32N2O2. The van der Waals surface area contributed by atoms with Gasteiger partial charge in [0, 0.05) is 25.2 Å². The molecule has 0 radical (unpaired) electrons. The number of aliphatic hydroxyl groups is 1. The van der Waals surface area contributed by atoms with Crippen molar-refractivity contribution in [3.8, 4) is 0 Å². The summed E-state index contributed by atoms with van der Waals surface area (Å²) in [5.41, 5.74) is 0.817. The predicted octanol–water partition coefficient (Wildman–Crippen LogP) is 2.51. The zero-order chi connectivity index (χ0) is 17.0. The molecule has 0 saturated carbocycles. The van der Waals surface area contributed by atoms with Crippen molar-refractivity contribution in [2.45, 2.75) is 57.3 Å². The predicted molar refractivity (Wildman–Crippen MR) is 97.0 cm³/mol. The number of rotatable bonds is 7. The molecular weight excluding hydrogens is 300 g/mol. The van der Waals surface area contributed by atoms with Crippen molar-refractivity contribution >= 4 is 0 Å². The topological polar surface area (TPSA) is 35.9 Å². The Morgan fingerprint density at radius 3 is 2.33 bits per heavy atom. The molecule has 4 nitrogen and oxygen atoms in total. The van der Waals surface area contributed by atoms with E-state index in [1.54, 1.807) is 0 Å². The zero-order valence-electron chi connectivity index (χ0n) is 15.2. The Balaban J connectivity index is 1.64. The lowest BCUT2D eigenvalue weighted by Gasteiger charge is -2.52. The van der Waals surface area contributed by atoms with Crippen LogP contribution in [0.4, 0.5) is 0 Å². The van der Waals surface area contributed by atoms with Crippen LogP contribution in [0.3, 0.4) is 0 Å². The first-order valence-corrected chi connectivity index (χ1v) is 9.45. The molecule has 3 rings (SSSR count). The molecule has 2 atom stereocenters. The lowest BCUT2D eigenvalue weighted by atomic mass is 9.79. The second-order valence-electron chi connectivity index (χ2n) is 7.41. The van der Waals surface area contributed by atoms with Crippen LogP contribution in [0.25, 0.3) is 0 Å². The van der Waals surface area contributed by atoms with Gasteiger partial charge in [-0.25, -0.2) is 0 Å². The number of hydrogen-bond donors (Lipinski definition) is 1. The standard InChI is InChI=1S/C20H32N2O2/c1-3-21(4-2)11-10-20(23)12-18-15-24-16-19(13-20)22(18)14-17-8-6-5-7-9-17/h5-9,18-19,23H,3-4,10-16H2,1-2H3. The van der Waals surface area contributed by atoms with Gasteiger partial charge in [-0.15, -0.1) is 0 Å². The van der Waals surface area contributed by atoms with Crippen molar-refractivity contribution in [1.82, 2.24) is 9.80 Å². The fourth-order valence-electron chi connectivity index (χ4n) is 4.31. The highest BCUT2D eigenvalue weighted by Crippen LogP contribution is 2.37. The molecule has 2 bridgehead atoms. The van der Waals surface area contributed by atoms with Gasteiger partial charge < -0.3 is 14.7 Å². The Morgan fingerprint density at radius 2 is 1.75 bits per heavy atom. The smallest absolute Gasteiger partial charge is 0.0691 e. The summed E-state index contributed by atoms with van der Waals surface area (Å²) in [6.07, 6.45) is 2.54. The third kappa shape index (κ3) is 4.17. The highest BCUT2D eigenvalue weighted by atomic mass is 16.5. The van der Waals surface area contributed by atoms with Gasteiger partial charge in [-0.1, -0.05) is 44.2 Å². The minimum absolute atomic E-state index is 0.333. The fraction of sp³-hybridized carbons (Fsp3) is 0.700. The normalized spacial score (nSPS) is 30.7. The van der Waals surface area contributed by atoms with Crippen molar-refractivity contribution in [2.24, 2.45) is 0 Å². The van der Waals surface area contributed by atoms with Gasteiger partial charge in [0.05, 0.1) is 18.8 Å². The van der Waals surface area contributed by atoms with Crippen LogP contribution in [0.15, 0.2) is 30.3 Å². The maximum Gasteiger partial charge on any atom is 0.0691 e. The summed E-state index contributed by atoms with van der Waals surface area (Å²) in [6, 6.07) is 11.3. The molecule has 2 saturated heterocycles. The molecule has 0 amide bonds. The molecule has 134 valence electrons. The van der Waals surface area contributed by atoms with Crippen LogP contribution in [0.2, 0.25) is 0 Å². The molecule has 0 aromatic heterocycles. The summed E-state index contributed by atoms with van der Waals surface area (Å²) < 4.78 is 5.80. The summed E-state index contributed by atoms with van der Waals surface area (Å²) in [5, 5.41) is 11.2. The second kappa shape index (κ2) is 7.96. The van der Waals surface area contributed by atoms with Gasteiger partial charge in [0.1, 0.15) is 0 Å². The third-order valence-corrected chi connectivity index (χ3v) is 5.79. The minimum atomic E-state index is -0.533. The fourth-order valence-corrected chi connectivity index (χ4v) is 4.31. The Bertz CT molecular complexity index is 490. The van der Waals surface area contributed by atoms with E-state index in [0.717, 1.165) is 58.7 Å². The van der Waals surface area contributed by atoms with Crippen molar-refractivity contribution in [1.29, 1.82) is 0 Å². The van der Waals surface area contributed by atoms with Crippen molar-refractivity contribution in [3.05, 3.63) is 35.9 Å². The van der Waals surface area contributed by atoms with Gasteiger partial charge in [0.2, 0.25) is 0 Å². The molecule has 2 fully saturated rings. The number of benzene rings is 1. The van der Waals surface area contributed by atoms with Crippen LogP contribution < -0.4 is 0 Å². The molecule has 2 unspecified atom stereocenters. The zero-order valence-corrected chi connectivity index (χ0v) is 15.2. The summed E-state index contributed by atoms with van der Waals surface area (Å²) in [4.78, 5) is 4.96. The van der Waals surface area contributed by atoms with Gasteiger partial charge >= 0.3 is 0 Å². The van der Waals surface area contributed by atoms with Crippen LogP contribution in [0.5, 0.6) is 0 Å². The quantitative estimate of drug-likeness (QED) is 0.832. The van der Waals surface area contributed by atoms with Crippen molar-refractivity contribution in [3.63, 3.8) is 0 Å². The first-order valence-electron chi connectivity index (χ1n) is 9.45. The Hall–Kier alpha value is -0.940. The Labute approximate surface area is 146 Å². The van der Waals surface area contributed by atoms with Crippen LogP contribution in [-0.2, 0) is 11.3 Å². The summed E-state index contributed by atoms with van der Waals surface area (Å²) in [7, 11) is 0. The monoisotopic (exact) mass is 332 g/mol. The highest BCUT2D eigenvalue weighted by Gasteiger charge is 2.45. The van der Waals surface area contributed by atoms with E-state index in [9.17, 15) is 5.11 Å². The van der Waals surface area contributed by atoms with Gasteiger partial charge in [-0.3, -0.25) is 4.90 Å². The molecule has 24 heavy (non-hydrogen) atoms. The number of morpholine rings is 1. The van der Waals surface area contributed by atoms with E-state index < -0.39 is 5.60 Å². The van der Waals surface area contributed by atoms with Gasteiger partial charge in [0.15, 0.2) is 0 Å². The lowest BCUT2D eigenvalue weighted by Crippen LogP contribution is -2.61.